The van der Waals surface area contributed by atoms with E-state index in [1.54, 1.807) is 30.8 Å². The lowest BCUT2D eigenvalue weighted by Crippen LogP contribution is -2.42. The van der Waals surface area contributed by atoms with E-state index in [1.165, 1.54) is 10.3 Å². The zero-order valence-electron chi connectivity index (χ0n) is 20.7. The second-order valence-electron chi connectivity index (χ2n) is 10.5. The van der Waals surface area contributed by atoms with Crippen LogP contribution in [0.3, 0.4) is 0 Å². The Balaban J connectivity index is 1.14. The van der Waals surface area contributed by atoms with Crippen LogP contribution in [0.25, 0.3) is 27.0 Å². The normalized spacial score (nSPS) is 18.8. The first kappa shape index (κ1) is 23.5. The molecule has 2 fully saturated rings. The third-order valence-corrected chi connectivity index (χ3v) is 9.68. The lowest BCUT2D eigenvalue weighted by molar-refractivity contribution is 0.277. The highest BCUT2D eigenvalue weighted by atomic mass is 35.5. The lowest BCUT2D eigenvalue weighted by Gasteiger charge is -2.46. The molecule has 190 valence electrons. The number of thiazole rings is 1. The van der Waals surface area contributed by atoms with Gasteiger partial charge in [0.15, 0.2) is 5.13 Å². The number of rotatable bonds is 5. The summed E-state index contributed by atoms with van der Waals surface area (Å²) in [5, 5.41) is 6.55. The second-order valence-corrected chi connectivity index (χ2v) is 12.3. The van der Waals surface area contributed by atoms with Crippen molar-refractivity contribution in [2.45, 2.75) is 44.9 Å². The summed E-state index contributed by atoms with van der Waals surface area (Å²) in [4.78, 5) is 11.5. The number of nitrogens with zero attached hydrogens (tertiary/aromatic N) is 4. The van der Waals surface area contributed by atoms with E-state index < -0.39 is 0 Å². The van der Waals surface area contributed by atoms with Gasteiger partial charge < -0.3 is 14.2 Å². The highest BCUT2D eigenvalue weighted by molar-refractivity contribution is 7.22. The SMILES string of the molecule is COc1cc2nc(N3CCC4(C=C(c5c(-c6c(Cl)cncc6Cl)noc5C5CC5)C4)CC3)sc2cc1C. The number of hydrogen-bond donors (Lipinski definition) is 0. The summed E-state index contributed by atoms with van der Waals surface area (Å²) in [6.45, 7) is 4.07. The number of benzene rings is 1. The number of ether oxygens (including phenoxy) is 1. The van der Waals surface area contributed by atoms with Crippen LogP contribution in [0.15, 0.2) is 35.1 Å². The highest BCUT2D eigenvalue weighted by Gasteiger charge is 2.44. The number of fused-ring (bicyclic) bond motifs is 1. The van der Waals surface area contributed by atoms with E-state index in [0.717, 1.165) is 84.2 Å². The molecule has 1 saturated heterocycles. The van der Waals surface area contributed by atoms with Crippen molar-refractivity contribution in [1.82, 2.24) is 15.1 Å². The minimum absolute atomic E-state index is 0.212. The van der Waals surface area contributed by atoms with Gasteiger partial charge in [0, 0.05) is 48.6 Å². The quantitative estimate of drug-likeness (QED) is 0.250. The second kappa shape index (κ2) is 8.72. The molecule has 0 radical (unpaired) electrons. The van der Waals surface area contributed by atoms with Gasteiger partial charge in [0.05, 0.1) is 27.4 Å². The first-order valence-electron chi connectivity index (χ1n) is 12.7. The Hall–Kier alpha value is -2.61. The van der Waals surface area contributed by atoms with E-state index in [-0.39, 0.29) is 5.41 Å². The smallest absolute Gasteiger partial charge is 0.186 e. The van der Waals surface area contributed by atoms with E-state index in [4.69, 9.17) is 37.4 Å². The molecule has 1 aromatic carbocycles. The Labute approximate surface area is 229 Å². The van der Waals surface area contributed by atoms with Gasteiger partial charge in [-0.2, -0.15) is 0 Å². The van der Waals surface area contributed by atoms with Gasteiger partial charge in [0.1, 0.15) is 17.2 Å². The van der Waals surface area contributed by atoms with Crippen LogP contribution in [0, 0.1) is 12.3 Å². The zero-order valence-corrected chi connectivity index (χ0v) is 23.0. The number of hydrogen-bond acceptors (Lipinski definition) is 7. The molecule has 4 heterocycles. The number of anilines is 1. The average Bonchev–Trinajstić information content (AvgIpc) is 3.50. The van der Waals surface area contributed by atoms with Gasteiger partial charge in [-0.3, -0.25) is 4.98 Å². The predicted molar refractivity (Wildman–Crippen MR) is 149 cm³/mol. The first-order valence-corrected chi connectivity index (χ1v) is 14.2. The van der Waals surface area contributed by atoms with Crippen LogP contribution in [-0.4, -0.2) is 35.3 Å². The number of methoxy groups -OCH3 is 1. The van der Waals surface area contributed by atoms with E-state index in [0.29, 0.717) is 21.5 Å². The number of aryl methyl sites for hydroxylation is 1. The van der Waals surface area contributed by atoms with Crippen LogP contribution in [-0.2, 0) is 0 Å². The lowest BCUT2D eigenvalue weighted by atomic mass is 9.63. The summed E-state index contributed by atoms with van der Waals surface area (Å²) in [5.74, 6) is 2.32. The van der Waals surface area contributed by atoms with Crippen molar-refractivity contribution >= 4 is 55.5 Å². The molecule has 3 aliphatic rings. The van der Waals surface area contributed by atoms with Crippen LogP contribution < -0.4 is 9.64 Å². The summed E-state index contributed by atoms with van der Waals surface area (Å²) in [6.07, 6.45) is 11.2. The van der Waals surface area contributed by atoms with Gasteiger partial charge in [0.2, 0.25) is 0 Å². The number of allylic oxidation sites excluding steroid dienone is 2. The largest absolute Gasteiger partial charge is 0.496 e. The molecule has 1 saturated carbocycles. The van der Waals surface area contributed by atoms with Crippen molar-refractivity contribution in [2.75, 3.05) is 25.1 Å². The van der Waals surface area contributed by atoms with Crippen LogP contribution in [0.5, 0.6) is 5.75 Å². The van der Waals surface area contributed by atoms with Crippen molar-refractivity contribution in [3.8, 4) is 17.0 Å². The predicted octanol–water partition coefficient (Wildman–Crippen LogP) is 7.92. The Morgan fingerprint density at radius 1 is 1.11 bits per heavy atom. The maximum atomic E-state index is 6.51. The third kappa shape index (κ3) is 3.94. The topological polar surface area (TPSA) is 64.3 Å². The molecule has 0 unspecified atom stereocenters. The molecule has 0 atom stereocenters. The van der Waals surface area contributed by atoms with E-state index >= 15 is 0 Å². The third-order valence-electron chi connectivity index (χ3n) is 8.02. The average molecular weight is 554 g/mol. The van der Waals surface area contributed by atoms with Crippen LogP contribution >= 0.6 is 34.5 Å². The molecule has 2 aliphatic carbocycles. The number of aromatic nitrogens is 3. The Morgan fingerprint density at radius 2 is 1.84 bits per heavy atom. The van der Waals surface area contributed by atoms with Crippen molar-refractivity contribution in [2.24, 2.45) is 5.41 Å². The highest BCUT2D eigenvalue weighted by Crippen LogP contribution is 2.56. The first-order chi connectivity index (χ1) is 17.9. The molecule has 0 N–H and O–H groups in total. The molecule has 3 aromatic heterocycles. The number of piperidine rings is 1. The van der Waals surface area contributed by atoms with Crippen LogP contribution in [0.2, 0.25) is 10.0 Å². The minimum atomic E-state index is 0.212. The molecule has 0 bridgehead atoms. The summed E-state index contributed by atoms with van der Waals surface area (Å²) < 4.78 is 12.6. The van der Waals surface area contributed by atoms with E-state index in [1.807, 2.05) is 6.07 Å². The fraction of sp³-hybridized carbons (Fsp3) is 0.393. The van der Waals surface area contributed by atoms with Gasteiger partial charge in [-0.05, 0) is 61.6 Å². The Kier molecular flexibility index (Phi) is 5.54. The summed E-state index contributed by atoms with van der Waals surface area (Å²) in [5.41, 5.74) is 6.22. The van der Waals surface area contributed by atoms with Crippen LogP contribution in [0.1, 0.15) is 54.9 Å². The minimum Gasteiger partial charge on any atom is -0.496 e. The maximum absolute atomic E-state index is 6.51. The monoisotopic (exact) mass is 552 g/mol. The molecule has 37 heavy (non-hydrogen) atoms. The van der Waals surface area contributed by atoms with E-state index in [9.17, 15) is 0 Å². The summed E-state index contributed by atoms with van der Waals surface area (Å²) >= 11 is 14.8. The maximum Gasteiger partial charge on any atom is 0.186 e. The van der Waals surface area contributed by atoms with Crippen molar-refractivity contribution in [3.05, 3.63) is 57.5 Å². The molecule has 6 nitrogen and oxygen atoms in total. The molecule has 0 amide bonds. The molecular weight excluding hydrogens is 527 g/mol. The van der Waals surface area contributed by atoms with E-state index in [2.05, 4.69) is 34.1 Å². The van der Waals surface area contributed by atoms with Gasteiger partial charge in [0.25, 0.3) is 0 Å². The standard InChI is InChI=1S/C28H26Cl2N4O2S/c1-15-9-22-20(10-21(15)35-2)32-27(37-22)34-7-5-28(6-8-34)11-17(12-28)23-25(33-36-26(23)16-3-4-16)24-18(29)13-31-14-19(24)30/h9-11,13-14,16H,3-8,12H2,1-2H3. The fourth-order valence-corrected chi connectivity index (χ4v) is 7.43. The van der Waals surface area contributed by atoms with Crippen molar-refractivity contribution < 1.29 is 9.26 Å². The fourth-order valence-electron chi connectivity index (χ4n) is 5.79. The Morgan fingerprint density at radius 3 is 2.51 bits per heavy atom. The Bertz CT molecular complexity index is 1540. The van der Waals surface area contributed by atoms with Gasteiger partial charge in [-0.1, -0.05) is 45.8 Å². The molecule has 1 spiro atoms. The van der Waals surface area contributed by atoms with Crippen LogP contribution in [0.4, 0.5) is 5.13 Å². The summed E-state index contributed by atoms with van der Waals surface area (Å²) in [6, 6.07) is 4.23. The molecule has 1 aliphatic heterocycles. The van der Waals surface area contributed by atoms with Crippen molar-refractivity contribution in [3.63, 3.8) is 0 Å². The molecule has 7 rings (SSSR count). The van der Waals surface area contributed by atoms with Gasteiger partial charge in [-0.15, -0.1) is 0 Å². The van der Waals surface area contributed by atoms with Gasteiger partial charge in [-0.25, -0.2) is 4.98 Å². The molecular formula is C28H26Cl2N4O2S. The zero-order chi connectivity index (χ0) is 25.3. The number of pyridine rings is 1. The molecule has 9 heteroatoms. The number of halogens is 2. The summed E-state index contributed by atoms with van der Waals surface area (Å²) in [7, 11) is 1.71. The molecule has 4 aromatic rings. The van der Waals surface area contributed by atoms with Crippen molar-refractivity contribution in [1.29, 1.82) is 0 Å². The van der Waals surface area contributed by atoms with Gasteiger partial charge >= 0.3 is 0 Å².